The number of likely N-dealkylation sites (tertiary alicyclic amines) is 1. The third-order valence-corrected chi connectivity index (χ3v) is 6.13. The molecule has 0 N–H and O–H groups in total. The van der Waals surface area contributed by atoms with Crippen LogP contribution in [0.4, 0.5) is 13.2 Å². The van der Waals surface area contributed by atoms with E-state index < -0.39 is 6.36 Å². The lowest BCUT2D eigenvalue weighted by Crippen LogP contribution is -2.33. The molecule has 158 valence electrons. The molecule has 1 saturated heterocycles. The van der Waals surface area contributed by atoms with Crippen molar-refractivity contribution in [3.8, 4) is 27.4 Å². The lowest BCUT2D eigenvalue weighted by Gasteiger charge is -2.30. The Balaban J connectivity index is 1.52. The van der Waals surface area contributed by atoms with Crippen LogP contribution >= 0.6 is 11.3 Å². The summed E-state index contributed by atoms with van der Waals surface area (Å²) < 4.78 is 41.6. The van der Waals surface area contributed by atoms with Gasteiger partial charge in [-0.2, -0.15) is 0 Å². The van der Waals surface area contributed by atoms with Gasteiger partial charge in [0.15, 0.2) is 0 Å². The van der Waals surface area contributed by atoms with Crippen molar-refractivity contribution in [2.24, 2.45) is 5.92 Å². The molecule has 1 aromatic heterocycles. The highest BCUT2D eigenvalue weighted by molar-refractivity contribution is 7.13. The van der Waals surface area contributed by atoms with Crippen LogP contribution in [-0.2, 0) is 6.54 Å². The maximum atomic E-state index is 12.5. The van der Waals surface area contributed by atoms with Crippen molar-refractivity contribution >= 4 is 11.3 Å². The number of rotatable bonds is 5. The first-order valence-corrected chi connectivity index (χ1v) is 10.9. The lowest BCUT2D eigenvalue weighted by molar-refractivity contribution is -0.274. The molecular weight excluding hydrogens is 409 g/mol. The molecule has 0 amide bonds. The second-order valence-electron chi connectivity index (χ2n) is 7.78. The standard InChI is InChI=1S/C23H23F3N2OS/c1-16-5-4-10-28(13-16)14-20-15-30-22(27-20)19-8-2-6-17(11-19)18-7-3-9-21(12-18)29-23(24,25)26/h2-3,6-9,11-12,15-16H,4-5,10,13-14H2,1H3/t16-/m1/s1. The first-order chi connectivity index (χ1) is 14.4. The molecule has 0 bridgehead atoms. The normalized spacial score (nSPS) is 17.8. The molecule has 1 atom stereocenters. The van der Waals surface area contributed by atoms with E-state index >= 15 is 0 Å². The summed E-state index contributed by atoms with van der Waals surface area (Å²) in [7, 11) is 0. The molecule has 0 saturated carbocycles. The molecule has 0 unspecified atom stereocenters. The Bertz CT molecular complexity index is 1000. The Labute approximate surface area is 178 Å². The first-order valence-electron chi connectivity index (χ1n) is 9.99. The summed E-state index contributed by atoms with van der Waals surface area (Å²) in [6.07, 6.45) is -2.18. The van der Waals surface area contributed by atoms with E-state index in [0.717, 1.165) is 47.4 Å². The summed E-state index contributed by atoms with van der Waals surface area (Å²) >= 11 is 1.60. The van der Waals surface area contributed by atoms with E-state index in [2.05, 4.69) is 21.9 Å². The Morgan fingerprint density at radius 2 is 1.83 bits per heavy atom. The maximum Gasteiger partial charge on any atom is 0.573 e. The zero-order valence-electron chi connectivity index (χ0n) is 16.7. The minimum Gasteiger partial charge on any atom is -0.406 e. The Morgan fingerprint density at radius 3 is 2.60 bits per heavy atom. The van der Waals surface area contributed by atoms with E-state index in [0.29, 0.717) is 5.56 Å². The molecule has 4 rings (SSSR count). The van der Waals surface area contributed by atoms with Gasteiger partial charge in [-0.15, -0.1) is 24.5 Å². The highest BCUT2D eigenvalue weighted by atomic mass is 32.1. The van der Waals surface area contributed by atoms with Crippen molar-refractivity contribution in [1.29, 1.82) is 0 Å². The van der Waals surface area contributed by atoms with Crippen LogP contribution in [0, 0.1) is 5.92 Å². The largest absolute Gasteiger partial charge is 0.573 e. The van der Waals surface area contributed by atoms with Gasteiger partial charge in [-0.05, 0) is 54.6 Å². The Kier molecular flexibility index (Phi) is 6.11. The van der Waals surface area contributed by atoms with Gasteiger partial charge < -0.3 is 4.74 Å². The van der Waals surface area contributed by atoms with Gasteiger partial charge >= 0.3 is 6.36 Å². The fraction of sp³-hybridized carbons (Fsp3) is 0.348. The van der Waals surface area contributed by atoms with Crippen molar-refractivity contribution < 1.29 is 17.9 Å². The van der Waals surface area contributed by atoms with Crippen LogP contribution in [0.25, 0.3) is 21.7 Å². The molecule has 0 aliphatic carbocycles. The molecular formula is C23H23F3N2OS. The number of hydrogen-bond donors (Lipinski definition) is 0. The summed E-state index contributed by atoms with van der Waals surface area (Å²) in [5.41, 5.74) is 3.51. The molecule has 30 heavy (non-hydrogen) atoms. The smallest absolute Gasteiger partial charge is 0.406 e. The first kappa shape index (κ1) is 20.9. The van der Waals surface area contributed by atoms with Gasteiger partial charge in [0.2, 0.25) is 0 Å². The molecule has 1 aliphatic heterocycles. The molecule has 3 aromatic rings. The van der Waals surface area contributed by atoms with E-state index in [1.54, 1.807) is 23.5 Å². The number of nitrogens with zero attached hydrogens (tertiary/aromatic N) is 2. The molecule has 0 radical (unpaired) electrons. The van der Waals surface area contributed by atoms with Gasteiger partial charge in [0.05, 0.1) is 5.69 Å². The van der Waals surface area contributed by atoms with E-state index in [1.807, 2.05) is 24.3 Å². The second kappa shape index (κ2) is 8.78. The fourth-order valence-electron chi connectivity index (χ4n) is 3.88. The van der Waals surface area contributed by atoms with E-state index in [4.69, 9.17) is 4.98 Å². The number of alkyl halides is 3. The highest BCUT2D eigenvalue weighted by Gasteiger charge is 2.31. The van der Waals surface area contributed by atoms with E-state index in [1.165, 1.54) is 25.0 Å². The molecule has 1 aliphatic rings. The number of aromatic nitrogens is 1. The summed E-state index contributed by atoms with van der Waals surface area (Å²) in [5.74, 6) is 0.503. The minimum atomic E-state index is -4.70. The average Bonchev–Trinajstić information content (AvgIpc) is 3.15. The van der Waals surface area contributed by atoms with Crippen molar-refractivity contribution in [2.45, 2.75) is 32.7 Å². The fourth-order valence-corrected chi connectivity index (χ4v) is 4.68. The third kappa shape index (κ3) is 5.40. The molecule has 2 heterocycles. The van der Waals surface area contributed by atoms with E-state index in [9.17, 15) is 13.2 Å². The quantitative estimate of drug-likeness (QED) is 0.454. The van der Waals surface area contributed by atoms with Gasteiger partial charge in [-0.3, -0.25) is 4.90 Å². The summed E-state index contributed by atoms with van der Waals surface area (Å²) in [6, 6.07) is 13.7. The van der Waals surface area contributed by atoms with Crippen molar-refractivity contribution in [3.05, 3.63) is 59.6 Å². The number of hydrogen-bond acceptors (Lipinski definition) is 4. The summed E-state index contributed by atoms with van der Waals surface area (Å²) in [4.78, 5) is 7.26. The Hall–Kier alpha value is -2.38. The van der Waals surface area contributed by atoms with Crippen LogP contribution in [-0.4, -0.2) is 29.3 Å². The van der Waals surface area contributed by atoms with Crippen LogP contribution in [0.15, 0.2) is 53.9 Å². The van der Waals surface area contributed by atoms with Gasteiger partial charge in [0.25, 0.3) is 0 Å². The molecule has 7 heteroatoms. The number of thiazole rings is 1. The summed E-state index contributed by atoms with van der Waals surface area (Å²) in [5, 5.41) is 3.01. The summed E-state index contributed by atoms with van der Waals surface area (Å²) in [6.45, 7) is 5.37. The number of halogens is 3. The van der Waals surface area contributed by atoms with Gasteiger partial charge in [-0.25, -0.2) is 4.98 Å². The third-order valence-electron chi connectivity index (χ3n) is 5.19. The number of benzene rings is 2. The average molecular weight is 433 g/mol. The molecule has 1 fully saturated rings. The van der Waals surface area contributed by atoms with Crippen molar-refractivity contribution in [1.82, 2.24) is 9.88 Å². The van der Waals surface area contributed by atoms with Crippen LogP contribution in [0.3, 0.4) is 0 Å². The minimum absolute atomic E-state index is 0.224. The van der Waals surface area contributed by atoms with Crippen LogP contribution in [0.1, 0.15) is 25.5 Å². The Morgan fingerprint density at radius 1 is 1.10 bits per heavy atom. The lowest BCUT2D eigenvalue weighted by atomic mass is 10.0. The van der Waals surface area contributed by atoms with Crippen LogP contribution in [0.5, 0.6) is 5.75 Å². The van der Waals surface area contributed by atoms with Crippen molar-refractivity contribution in [2.75, 3.05) is 13.1 Å². The van der Waals surface area contributed by atoms with E-state index in [-0.39, 0.29) is 5.75 Å². The molecule has 0 spiro atoms. The zero-order valence-corrected chi connectivity index (χ0v) is 17.5. The molecule has 2 aromatic carbocycles. The predicted molar refractivity (Wildman–Crippen MR) is 113 cm³/mol. The van der Waals surface area contributed by atoms with Gasteiger partial charge in [0.1, 0.15) is 10.8 Å². The highest BCUT2D eigenvalue weighted by Crippen LogP contribution is 2.32. The SMILES string of the molecule is C[C@@H]1CCCN(Cc2csc(-c3cccc(-c4cccc(OC(F)(F)F)c4)c3)n2)C1. The van der Waals surface area contributed by atoms with Crippen molar-refractivity contribution in [3.63, 3.8) is 0 Å². The zero-order chi connectivity index (χ0) is 21.1. The topological polar surface area (TPSA) is 25.4 Å². The van der Waals surface area contributed by atoms with Crippen LogP contribution in [0.2, 0.25) is 0 Å². The van der Waals surface area contributed by atoms with Crippen LogP contribution < -0.4 is 4.74 Å². The monoisotopic (exact) mass is 432 g/mol. The number of ether oxygens (including phenoxy) is 1. The van der Waals surface area contributed by atoms with Gasteiger partial charge in [-0.1, -0.05) is 37.3 Å². The number of piperidine rings is 1. The molecule has 3 nitrogen and oxygen atoms in total. The van der Waals surface area contributed by atoms with Gasteiger partial charge in [0, 0.05) is 24.0 Å². The maximum absolute atomic E-state index is 12.5. The second-order valence-corrected chi connectivity index (χ2v) is 8.64. The predicted octanol–water partition coefficient (Wildman–Crippen LogP) is 6.61.